The van der Waals surface area contributed by atoms with Crippen LogP contribution >= 0.6 is 22.6 Å². The monoisotopic (exact) mass is 441 g/mol. The van der Waals surface area contributed by atoms with Crippen molar-refractivity contribution in [1.29, 1.82) is 0 Å². The van der Waals surface area contributed by atoms with Crippen molar-refractivity contribution < 1.29 is 23.8 Å². The Bertz CT molecular complexity index is 751. The maximum atomic E-state index is 12.3. The fourth-order valence-corrected chi connectivity index (χ4v) is 2.89. The number of rotatable bonds is 4. The number of ether oxygens (including phenoxy) is 3. The predicted octanol–water partition coefficient (Wildman–Crippen LogP) is 2.79. The predicted molar refractivity (Wildman–Crippen MR) is 97.5 cm³/mol. The molecule has 0 aliphatic carbocycles. The number of methoxy groups -OCH3 is 3. The van der Waals surface area contributed by atoms with E-state index in [0.717, 1.165) is 3.57 Å². The molecule has 6 nitrogen and oxygen atoms in total. The number of hydrogen-bond acceptors (Lipinski definition) is 6. The Hall–Kier alpha value is -2.29. The number of carbonyl (C=O) groups is 2. The number of nitrogens with zero attached hydrogens (tertiary/aromatic N) is 1. The second-order valence-corrected chi connectivity index (χ2v) is 5.80. The first-order valence-corrected chi connectivity index (χ1v) is 8.00. The lowest BCUT2D eigenvalue weighted by Gasteiger charge is -2.23. The zero-order valence-electron chi connectivity index (χ0n) is 13.4. The maximum Gasteiger partial charge on any atom is 0.355 e. The average molecular weight is 441 g/mol. The zero-order chi connectivity index (χ0) is 17.7. The second kappa shape index (κ2) is 8.00. The molecule has 0 saturated heterocycles. The van der Waals surface area contributed by atoms with Crippen LogP contribution in [0.25, 0.3) is 0 Å². The van der Waals surface area contributed by atoms with Gasteiger partial charge < -0.3 is 19.1 Å². The Morgan fingerprint density at radius 1 is 1.04 bits per heavy atom. The molecule has 0 bridgehead atoms. The van der Waals surface area contributed by atoms with Crippen LogP contribution in [-0.4, -0.2) is 33.3 Å². The van der Waals surface area contributed by atoms with Crippen LogP contribution in [0.2, 0.25) is 0 Å². The summed E-state index contributed by atoms with van der Waals surface area (Å²) in [6.07, 6.45) is 6.57. The number of allylic oxidation sites excluding steroid dienone is 2. The Balaban J connectivity index is 2.63. The SMILES string of the molecule is COC(=O)C1=C(C(=O)OC)N(c2ccc(OC)c(I)c2)C=CC=C1. The molecule has 0 amide bonds. The average Bonchev–Trinajstić information content (AvgIpc) is 2.83. The van der Waals surface area contributed by atoms with Crippen molar-refractivity contribution in [3.63, 3.8) is 0 Å². The molecule has 2 rings (SSSR count). The van der Waals surface area contributed by atoms with Crippen molar-refractivity contribution in [2.75, 3.05) is 26.2 Å². The summed E-state index contributed by atoms with van der Waals surface area (Å²) in [4.78, 5) is 26.0. The van der Waals surface area contributed by atoms with Crippen molar-refractivity contribution in [2.24, 2.45) is 0 Å². The molecular weight excluding hydrogens is 425 g/mol. The van der Waals surface area contributed by atoms with Gasteiger partial charge in [-0.2, -0.15) is 0 Å². The molecular formula is C17H16INO5. The molecule has 0 radical (unpaired) electrons. The van der Waals surface area contributed by atoms with E-state index in [1.165, 1.54) is 20.3 Å². The van der Waals surface area contributed by atoms with Gasteiger partial charge in [-0.25, -0.2) is 9.59 Å². The van der Waals surface area contributed by atoms with Gasteiger partial charge in [0.2, 0.25) is 0 Å². The molecule has 0 unspecified atom stereocenters. The molecule has 24 heavy (non-hydrogen) atoms. The van der Waals surface area contributed by atoms with Crippen molar-refractivity contribution in [3.05, 3.63) is 57.5 Å². The lowest BCUT2D eigenvalue weighted by atomic mass is 10.1. The summed E-state index contributed by atoms with van der Waals surface area (Å²) in [5.74, 6) is -0.547. The topological polar surface area (TPSA) is 65.1 Å². The normalized spacial score (nSPS) is 13.6. The van der Waals surface area contributed by atoms with Gasteiger partial charge in [-0.3, -0.25) is 0 Å². The molecule has 1 aliphatic rings. The van der Waals surface area contributed by atoms with Gasteiger partial charge in [0.1, 0.15) is 11.4 Å². The highest BCUT2D eigenvalue weighted by atomic mass is 127. The van der Waals surface area contributed by atoms with Crippen molar-refractivity contribution in [3.8, 4) is 5.75 Å². The molecule has 0 aromatic heterocycles. The summed E-state index contributed by atoms with van der Waals surface area (Å²) in [5.41, 5.74) is 0.873. The van der Waals surface area contributed by atoms with Crippen molar-refractivity contribution >= 4 is 40.2 Å². The van der Waals surface area contributed by atoms with Crippen molar-refractivity contribution in [1.82, 2.24) is 0 Å². The van der Waals surface area contributed by atoms with Gasteiger partial charge in [0, 0.05) is 11.9 Å². The summed E-state index contributed by atoms with van der Waals surface area (Å²) in [6, 6.07) is 5.41. The lowest BCUT2D eigenvalue weighted by Crippen LogP contribution is -2.27. The van der Waals surface area contributed by atoms with Crippen LogP contribution in [0.15, 0.2) is 53.9 Å². The maximum absolute atomic E-state index is 12.3. The zero-order valence-corrected chi connectivity index (χ0v) is 15.6. The van der Waals surface area contributed by atoms with E-state index in [1.54, 1.807) is 42.5 Å². The van der Waals surface area contributed by atoms with Gasteiger partial charge in [0.25, 0.3) is 0 Å². The molecule has 0 atom stereocenters. The highest BCUT2D eigenvalue weighted by Crippen LogP contribution is 2.31. The summed E-state index contributed by atoms with van der Waals surface area (Å²) >= 11 is 2.14. The second-order valence-electron chi connectivity index (χ2n) is 4.63. The molecule has 1 aromatic rings. The van der Waals surface area contributed by atoms with E-state index >= 15 is 0 Å². The molecule has 1 aromatic carbocycles. The summed E-state index contributed by atoms with van der Waals surface area (Å²) < 4.78 is 15.8. The van der Waals surface area contributed by atoms with E-state index in [1.807, 2.05) is 6.07 Å². The first-order chi connectivity index (χ1) is 11.5. The van der Waals surface area contributed by atoms with Crippen LogP contribution in [0.4, 0.5) is 5.69 Å². The van der Waals surface area contributed by atoms with Gasteiger partial charge in [0.15, 0.2) is 0 Å². The number of esters is 2. The summed E-state index contributed by atoms with van der Waals surface area (Å²) in [5, 5.41) is 0. The Labute approximate surface area is 153 Å². The molecule has 126 valence electrons. The van der Waals surface area contributed by atoms with E-state index in [2.05, 4.69) is 22.6 Å². The Morgan fingerprint density at radius 3 is 2.33 bits per heavy atom. The third kappa shape index (κ3) is 3.61. The first-order valence-electron chi connectivity index (χ1n) is 6.92. The molecule has 0 fully saturated rings. The Kier molecular flexibility index (Phi) is 6.02. The number of anilines is 1. The van der Waals surface area contributed by atoms with Gasteiger partial charge in [0.05, 0.1) is 30.5 Å². The van der Waals surface area contributed by atoms with E-state index in [4.69, 9.17) is 14.2 Å². The number of halogens is 1. The third-order valence-corrected chi connectivity index (χ3v) is 4.15. The number of carbonyl (C=O) groups excluding carboxylic acids is 2. The smallest absolute Gasteiger partial charge is 0.355 e. The van der Waals surface area contributed by atoms with Crippen LogP contribution < -0.4 is 9.64 Å². The molecule has 1 aliphatic heterocycles. The van der Waals surface area contributed by atoms with Crippen LogP contribution in [0.5, 0.6) is 5.75 Å². The lowest BCUT2D eigenvalue weighted by molar-refractivity contribution is -0.139. The van der Waals surface area contributed by atoms with Gasteiger partial charge in [-0.15, -0.1) is 0 Å². The van der Waals surface area contributed by atoms with Crippen molar-refractivity contribution in [2.45, 2.75) is 0 Å². The highest BCUT2D eigenvalue weighted by molar-refractivity contribution is 14.1. The largest absolute Gasteiger partial charge is 0.496 e. The van der Waals surface area contributed by atoms with Gasteiger partial charge >= 0.3 is 11.9 Å². The summed E-state index contributed by atoms with van der Waals surface area (Å²) in [6.45, 7) is 0. The van der Waals surface area contributed by atoms with Crippen LogP contribution in [-0.2, 0) is 19.1 Å². The number of hydrogen-bond donors (Lipinski definition) is 0. The molecule has 0 N–H and O–H groups in total. The van der Waals surface area contributed by atoms with E-state index in [0.29, 0.717) is 11.4 Å². The van der Waals surface area contributed by atoms with Crippen LogP contribution in [0.3, 0.4) is 0 Å². The fourth-order valence-electron chi connectivity index (χ4n) is 2.17. The molecule has 1 heterocycles. The molecule has 0 spiro atoms. The molecule has 0 saturated carbocycles. The van der Waals surface area contributed by atoms with Gasteiger partial charge in [-0.05, 0) is 52.9 Å². The van der Waals surface area contributed by atoms with E-state index in [9.17, 15) is 9.59 Å². The van der Waals surface area contributed by atoms with E-state index in [-0.39, 0.29) is 11.3 Å². The van der Waals surface area contributed by atoms with Crippen LogP contribution in [0, 0.1) is 3.57 Å². The summed E-state index contributed by atoms with van der Waals surface area (Å²) in [7, 11) is 4.11. The molecule has 7 heteroatoms. The standard InChI is InChI=1S/C17H16INO5/c1-22-14-8-7-11(10-13(14)18)19-9-5-4-6-12(16(20)23-2)15(19)17(21)24-3/h4-10H,1-3H3. The van der Waals surface area contributed by atoms with Crippen LogP contribution in [0.1, 0.15) is 0 Å². The number of benzene rings is 1. The quantitative estimate of drug-likeness (QED) is 0.529. The minimum absolute atomic E-state index is 0.0790. The highest BCUT2D eigenvalue weighted by Gasteiger charge is 2.27. The van der Waals surface area contributed by atoms with Gasteiger partial charge in [-0.1, -0.05) is 6.08 Å². The Morgan fingerprint density at radius 2 is 1.75 bits per heavy atom. The fraction of sp³-hybridized carbons (Fsp3) is 0.176. The van der Waals surface area contributed by atoms with E-state index < -0.39 is 11.9 Å². The third-order valence-electron chi connectivity index (χ3n) is 3.30. The minimum Gasteiger partial charge on any atom is -0.496 e. The minimum atomic E-state index is -0.641. The first kappa shape index (κ1) is 18.1.